The average molecular weight is 248 g/mol. The number of carboxylic acids is 1. The molecule has 0 saturated carbocycles. The third-order valence-electron chi connectivity index (χ3n) is 1.81. The topological polar surface area (TPSA) is 71.4 Å². The van der Waals surface area contributed by atoms with E-state index < -0.39 is 38.9 Å². The fourth-order valence-electron chi connectivity index (χ4n) is 0.731. The minimum Gasteiger partial charge on any atom is -0.481 e. The predicted octanol–water partition coefficient (Wildman–Crippen LogP) is 1.07. The van der Waals surface area contributed by atoms with Crippen LogP contribution in [0.3, 0.4) is 0 Å². The number of aliphatic carboxylic acids is 1. The van der Waals surface area contributed by atoms with Crippen molar-refractivity contribution in [3.63, 3.8) is 0 Å². The summed E-state index contributed by atoms with van der Waals surface area (Å²) in [6, 6.07) is 0. The number of hydrogen-bond donors (Lipinski definition) is 1. The van der Waals surface area contributed by atoms with Crippen molar-refractivity contribution in [3.8, 4) is 0 Å². The summed E-state index contributed by atoms with van der Waals surface area (Å²) in [6.07, 6.45) is -5.05. The Morgan fingerprint density at radius 2 is 1.73 bits per heavy atom. The lowest BCUT2D eigenvalue weighted by molar-refractivity contribution is -0.189. The van der Waals surface area contributed by atoms with Crippen LogP contribution in [0.1, 0.15) is 13.8 Å². The molecule has 0 aromatic heterocycles. The van der Waals surface area contributed by atoms with Gasteiger partial charge in [-0.25, -0.2) is 8.42 Å². The minimum atomic E-state index is -5.05. The van der Waals surface area contributed by atoms with Gasteiger partial charge in [-0.2, -0.15) is 13.2 Å². The van der Waals surface area contributed by atoms with Gasteiger partial charge in [0.1, 0.15) is 0 Å². The molecule has 90 valence electrons. The molecule has 0 rings (SSSR count). The van der Waals surface area contributed by atoms with E-state index in [9.17, 15) is 26.4 Å². The summed E-state index contributed by atoms with van der Waals surface area (Å²) in [5.74, 6) is -6.44. The minimum absolute atomic E-state index is 1.03. The van der Waals surface area contributed by atoms with Crippen LogP contribution in [-0.4, -0.2) is 36.7 Å². The van der Waals surface area contributed by atoms with Gasteiger partial charge in [0.15, 0.2) is 15.8 Å². The van der Waals surface area contributed by atoms with Crippen LogP contribution in [-0.2, 0) is 14.6 Å². The first-order valence-electron chi connectivity index (χ1n) is 3.99. The molecule has 0 aromatic rings. The molecule has 0 saturated heterocycles. The van der Waals surface area contributed by atoms with Gasteiger partial charge >= 0.3 is 12.1 Å². The van der Waals surface area contributed by atoms with Crippen molar-refractivity contribution in [1.29, 1.82) is 0 Å². The normalized spacial score (nSPS) is 15.3. The molecule has 15 heavy (non-hydrogen) atoms. The summed E-state index contributed by atoms with van der Waals surface area (Å²) >= 11 is 0. The van der Waals surface area contributed by atoms with E-state index in [1.54, 1.807) is 0 Å². The lowest BCUT2D eigenvalue weighted by atomic mass is 10.2. The molecule has 0 fully saturated rings. The first-order valence-corrected chi connectivity index (χ1v) is 5.71. The number of rotatable bonds is 4. The highest BCUT2D eigenvalue weighted by molar-refractivity contribution is 7.92. The van der Waals surface area contributed by atoms with Crippen molar-refractivity contribution >= 4 is 15.8 Å². The molecule has 0 spiro atoms. The van der Waals surface area contributed by atoms with Crippen LogP contribution in [0.25, 0.3) is 0 Å². The second kappa shape index (κ2) is 4.38. The Bertz CT molecular complexity index is 331. The molecule has 0 aliphatic heterocycles. The lowest BCUT2D eigenvalue weighted by Crippen LogP contribution is -2.38. The van der Waals surface area contributed by atoms with E-state index in [4.69, 9.17) is 5.11 Å². The number of carbonyl (C=O) groups is 1. The summed E-state index contributed by atoms with van der Waals surface area (Å²) in [6.45, 7) is 2.40. The molecule has 0 heterocycles. The fourth-order valence-corrected chi connectivity index (χ4v) is 1.91. The van der Waals surface area contributed by atoms with Gasteiger partial charge < -0.3 is 5.11 Å². The van der Waals surface area contributed by atoms with Crippen LogP contribution in [0.5, 0.6) is 0 Å². The molecular weight excluding hydrogens is 237 g/mol. The van der Waals surface area contributed by atoms with Crippen molar-refractivity contribution in [2.45, 2.75) is 25.3 Å². The van der Waals surface area contributed by atoms with Crippen molar-refractivity contribution < 1.29 is 31.5 Å². The van der Waals surface area contributed by atoms with Crippen LogP contribution in [0.2, 0.25) is 0 Å². The second-order valence-electron chi connectivity index (χ2n) is 3.31. The van der Waals surface area contributed by atoms with Crippen LogP contribution < -0.4 is 0 Å². The van der Waals surface area contributed by atoms with Crippen molar-refractivity contribution in [2.24, 2.45) is 5.92 Å². The Morgan fingerprint density at radius 3 is 1.93 bits per heavy atom. The zero-order valence-corrected chi connectivity index (χ0v) is 8.89. The number of sulfone groups is 1. The quantitative estimate of drug-likeness (QED) is 0.807. The van der Waals surface area contributed by atoms with Gasteiger partial charge in [0.05, 0.1) is 11.0 Å². The molecule has 0 radical (unpaired) electrons. The summed E-state index contributed by atoms with van der Waals surface area (Å²) in [7, 11) is -4.03. The maximum atomic E-state index is 12.1. The van der Waals surface area contributed by atoms with Crippen LogP contribution in [0.15, 0.2) is 0 Å². The molecule has 0 aliphatic carbocycles. The highest BCUT2D eigenvalue weighted by atomic mass is 32.2. The van der Waals surface area contributed by atoms with Gasteiger partial charge in [0.2, 0.25) is 0 Å². The predicted molar refractivity (Wildman–Crippen MR) is 46.1 cm³/mol. The SMILES string of the molecule is CC(C)S(=O)(=O)CC(C(=O)O)C(F)(F)F. The van der Waals surface area contributed by atoms with E-state index in [1.807, 2.05) is 0 Å². The standard InChI is InChI=1S/C7H11F3O4S/c1-4(2)15(13,14)3-5(6(11)12)7(8,9)10/h4-5H,3H2,1-2H3,(H,11,12). The molecule has 0 bridgehead atoms. The number of carboxylic acid groups (broad SMARTS) is 1. The van der Waals surface area contributed by atoms with Gasteiger partial charge in [-0.1, -0.05) is 0 Å². The molecule has 8 heteroatoms. The molecular formula is C7H11F3O4S. The Labute approximate surface area is 85.0 Å². The van der Waals surface area contributed by atoms with Gasteiger partial charge in [-0.3, -0.25) is 4.79 Å². The molecule has 0 aromatic carbocycles. The first-order chi connectivity index (χ1) is 6.48. The maximum Gasteiger partial charge on any atom is 0.403 e. The van der Waals surface area contributed by atoms with E-state index in [-0.39, 0.29) is 0 Å². The molecule has 1 N–H and O–H groups in total. The largest absolute Gasteiger partial charge is 0.481 e. The van der Waals surface area contributed by atoms with Crippen LogP contribution >= 0.6 is 0 Å². The molecule has 4 nitrogen and oxygen atoms in total. The molecule has 0 aliphatic rings. The van der Waals surface area contributed by atoms with Gasteiger partial charge in [-0.15, -0.1) is 0 Å². The fraction of sp³-hybridized carbons (Fsp3) is 0.857. The van der Waals surface area contributed by atoms with Gasteiger partial charge in [0.25, 0.3) is 0 Å². The Balaban J connectivity index is 4.97. The second-order valence-corrected chi connectivity index (χ2v) is 5.91. The Hall–Kier alpha value is -0.790. The maximum absolute atomic E-state index is 12.1. The highest BCUT2D eigenvalue weighted by Crippen LogP contribution is 2.28. The monoisotopic (exact) mass is 248 g/mol. The van der Waals surface area contributed by atoms with Crippen molar-refractivity contribution in [1.82, 2.24) is 0 Å². The number of hydrogen-bond acceptors (Lipinski definition) is 3. The van der Waals surface area contributed by atoms with Gasteiger partial charge in [0, 0.05) is 0 Å². The van der Waals surface area contributed by atoms with E-state index in [0.29, 0.717) is 0 Å². The number of alkyl halides is 3. The van der Waals surface area contributed by atoms with Crippen LogP contribution in [0, 0.1) is 5.92 Å². The zero-order valence-electron chi connectivity index (χ0n) is 8.08. The third kappa shape index (κ3) is 4.06. The van der Waals surface area contributed by atoms with E-state index in [1.165, 1.54) is 13.8 Å². The summed E-state index contributed by atoms with van der Waals surface area (Å²) in [5, 5.41) is 7.24. The van der Waals surface area contributed by atoms with E-state index in [2.05, 4.69) is 0 Å². The van der Waals surface area contributed by atoms with Crippen molar-refractivity contribution in [3.05, 3.63) is 0 Å². The average Bonchev–Trinajstić information content (AvgIpc) is 1.97. The number of halogens is 3. The molecule has 0 amide bonds. The first kappa shape index (κ1) is 14.2. The molecule has 1 atom stereocenters. The third-order valence-corrected chi connectivity index (χ3v) is 4.04. The smallest absolute Gasteiger partial charge is 0.403 e. The van der Waals surface area contributed by atoms with E-state index >= 15 is 0 Å². The van der Waals surface area contributed by atoms with Gasteiger partial charge in [-0.05, 0) is 13.8 Å². The molecule has 1 unspecified atom stereocenters. The van der Waals surface area contributed by atoms with E-state index in [0.717, 1.165) is 0 Å². The summed E-state index contributed by atoms with van der Waals surface area (Å²) < 4.78 is 58.6. The summed E-state index contributed by atoms with van der Waals surface area (Å²) in [5.41, 5.74) is 0. The Morgan fingerprint density at radius 1 is 1.33 bits per heavy atom. The highest BCUT2D eigenvalue weighted by Gasteiger charge is 2.47. The lowest BCUT2D eigenvalue weighted by Gasteiger charge is -2.17. The Kier molecular flexibility index (Phi) is 4.15. The van der Waals surface area contributed by atoms with Crippen LogP contribution in [0.4, 0.5) is 13.2 Å². The van der Waals surface area contributed by atoms with Crippen molar-refractivity contribution in [2.75, 3.05) is 5.75 Å². The zero-order chi connectivity index (χ0) is 12.4. The summed E-state index contributed by atoms with van der Waals surface area (Å²) in [4.78, 5) is 10.3.